The first-order valence-corrected chi connectivity index (χ1v) is 8.48. The normalized spacial score (nSPS) is 39.0. The van der Waals surface area contributed by atoms with E-state index in [4.69, 9.17) is 4.74 Å². The van der Waals surface area contributed by atoms with Gasteiger partial charge in [-0.1, -0.05) is 12.1 Å². The van der Waals surface area contributed by atoms with Crippen LogP contribution in [0, 0.1) is 23.7 Å². The summed E-state index contributed by atoms with van der Waals surface area (Å²) in [6.45, 7) is 0. The van der Waals surface area contributed by atoms with Gasteiger partial charge < -0.3 is 9.84 Å². The number of hydrogen-bond donors (Lipinski definition) is 1. The van der Waals surface area contributed by atoms with Gasteiger partial charge in [-0.25, -0.2) is 0 Å². The van der Waals surface area contributed by atoms with Crippen LogP contribution >= 0.6 is 0 Å². The molecule has 0 saturated heterocycles. The molecular weight excluding hydrogens is 276 g/mol. The van der Waals surface area contributed by atoms with E-state index in [0.29, 0.717) is 11.8 Å². The molecule has 118 valence electrons. The van der Waals surface area contributed by atoms with Gasteiger partial charge >= 0.3 is 5.97 Å². The largest absolute Gasteiger partial charge is 0.497 e. The highest BCUT2D eigenvalue weighted by Crippen LogP contribution is 2.64. The Morgan fingerprint density at radius 1 is 1.18 bits per heavy atom. The Kier molecular flexibility index (Phi) is 3.21. The third-order valence-electron chi connectivity index (χ3n) is 6.65. The summed E-state index contributed by atoms with van der Waals surface area (Å²) in [7, 11) is 1.68. The lowest BCUT2D eigenvalue weighted by Crippen LogP contribution is -2.56. The van der Waals surface area contributed by atoms with E-state index < -0.39 is 5.97 Å². The molecule has 0 aliphatic heterocycles. The summed E-state index contributed by atoms with van der Waals surface area (Å²) < 4.78 is 5.40. The molecule has 4 aliphatic rings. The van der Waals surface area contributed by atoms with Crippen molar-refractivity contribution in [1.29, 1.82) is 0 Å². The van der Waals surface area contributed by atoms with Crippen molar-refractivity contribution in [2.45, 2.75) is 43.9 Å². The average Bonchev–Trinajstić information content (AvgIpc) is 2.50. The van der Waals surface area contributed by atoms with E-state index in [-0.39, 0.29) is 11.8 Å². The Balaban J connectivity index is 1.81. The van der Waals surface area contributed by atoms with Gasteiger partial charge in [0.15, 0.2) is 0 Å². The number of carbonyl (C=O) groups is 1. The molecule has 0 amide bonds. The molecule has 0 unspecified atom stereocenters. The second-order valence-corrected chi connectivity index (χ2v) is 7.65. The van der Waals surface area contributed by atoms with E-state index in [9.17, 15) is 9.90 Å². The van der Waals surface area contributed by atoms with Crippen molar-refractivity contribution in [2.75, 3.05) is 7.11 Å². The molecule has 3 heteroatoms. The first-order chi connectivity index (χ1) is 10.6. The van der Waals surface area contributed by atoms with E-state index in [0.717, 1.165) is 17.6 Å². The second kappa shape index (κ2) is 5.00. The fourth-order valence-corrected chi connectivity index (χ4v) is 6.05. The molecule has 4 saturated carbocycles. The Morgan fingerprint density at radius 3 is 2.36 bits per heavy atom. The van der Waals surface area contributed by atoms with E-state index in [1.807, 2.05) is 12.1 Å². The van der Waals surface area contributed by atoms with Crippen LogP contribution in [0.1, 0.15) is 44.1 Å². The number of benzene rings is 1. The van der Waals surface area contributed by atoms with Gasteiger partial charge in [-0.05, 0) is 73.5 Å². The summed E-state index contributed by atoms with van der Waals surface area (Å²) in [4.78, 5) is 11.7. The van der Waals surface area contributed by atoms with E-state index in [1.165, 1.54) is 37.7 Å². The van der Waals surface area contributed by atoms with Crippen LogP contribution in [0.3, 0.4) is 0 Å². The summed E-state index contributed by atoms with van der Waals surface area (Å²) in [6, 6.07) is 8.19. The van der Waals surface area contributed by atoms with Crippen LogP contribution in [0.15, 0.2) is 24.3 Å². The SMILES string of the molecule is COc1cccc(C2(CC(=O)O)C3CC4CC(C3)CC2C4)c1. The molecule has 0 atom stereocenters. The molecule has 0 spiro atoms. The van der Waals surface area contributed by atoms with Gasteiger partial charge in [0.25, 0.3) is 0 Å². The van der Waals surface area contributed by atoms with Crippen molar-refractivity contribution in [3.05, 3.63) is 29.8 Å². The maximum absolute atomic E-state index is 11.7. The Labute approximate surface area is 131 Å². The number of carboxylic acids is 1. The molecule has 0 radical (unpaired) electrons. The molecule has 4 fully saturated rings. The van der Waals surface area contributed by atoms with Crippen LogP contribution < -0.4 is 4.74 Å². The zero-order chi connectivity index (χ0) is 15.3. The highest BCUT2D eigenvalue weighted by molar-refractivity contribution is 5.69. The zero-order valence-corrected chi connectivity index (χ0v) is 13.1. The number of hydrogen-bond acceptors (Lipinski definition) is 2. The lowest BCUT2D eigenvalue weighted by molar-refractivity contribution is -0.144. The molecule has 0 heterocycles. The molecule has 4 bridgehead atoms. The zero-order valence-electron chi connectivity index (χ0n) is 13.1. The maximum atomic E-state index is 11.7. The standard InChI is InChI=1S/C19H24O3/c1-22-17-4-2-3-14(10-17)19(11-18(20)21)15-6-12-5-13(8-15)9-16(19)7-12/h2-4,10,12-13,15-16H,5-9,11H2,1H3,(H,20,21). The van der Waals surface area contributed by atoms with Crippen LogP contribution in [-0.2, 0) is 10.2 Å². The van der Waals surface area contributed by atoms with E-state index in [1.54, 1.807) is 7.11 Å². The van der Waals surface area contributed by atoms with Crippen molar-refractivity contribution in [3.63, 3.8) is 0 Å². The van der Waals surface area contributed by atoms with Crippen LogP contribution in [-0.4, -0.2) is 18.2 Å². The molecule has 1 aromatic rings. The molecule has 1 N–H and O–H groups in total. The highest BCUT2D eigenvalue weighted by Gasteiger charge is 2.58. The van der Waals surface area contributed by atoms with Gasteiger partial charge in [-0.2, -0.15) is 0 Å². The topological polar surface area (TPSA) is 46.5 Å². The summed E-state index contributed by atoms with van der Waals surface area (Å²) in [5.41, 5.74) is 1.02. The van der Waals surface area contributed by atoms with Crippen molar-refractivity contribution in [1.82, 2.24) is 0 Å². The lowest BCUT2D eigenvalue weighted by atomic mass is 9.43. The number of methoxy groups -OCH3 is 1. The first kappa shape index (κ1) is 14.1. The second-order valence-electron chi connectivity index (χ2n) is 7.65. The summed E-state index contributed by atoms with van der Waals surface area (Å²) >= 11 is 0. The molecular formula is C19H24O3. The number of ether oxygens (including phenoxy) is 1. The van der Waals surface area contributed by atoms with Crippen molar-refractivity contribution in [3.8, 4) is 5.75 Å². The molecule has 3 nitrogen and oxygen atoms in total. The lowest BCUT2D eigenvalue weighted by Gasteiger charge is -2.61. The first-order valence-electron chi connectivity index (χ1n) is 8.48. The van der Waals surface area contributed by atoms with Crippen LogP contribution in [0.25, 0.3) is 0 Å². The molecule has 22 heavy (non-hydrogen) atoms. The Morgan fingerprint density at radius 2 is 1.82 bits per heavy atom. The number of aliphatic carboxylic acids is 1. The van der Waals surface area contributed by atoms with Crippen LogP contribution in [0.4, 0.5) is 0 Å². The molecule has 0 aromatic heterocycles. The van der Waals surface area contributed by atoms with Crippen molar-refractivity contribution >= 4 is 5.97 Å². The molecule has 5 rings (SSSR count). The van der Waals surface area contributed by atoms with Gasteiger partial charge in [0.2, 0.25) is 0 Å². The van der Waals surface area contributed by atoms with Gasteiger partial charge in [0, 0.05) is 5.41 Å². The minimum absolute atomic E-state index is 0.173. The van der Waals surface area contributed by atoms with Crippen molar-refractivity contribution < 1.29 is 14.6 Å². The summed E-state index contributed by atoms with van der Waals surface area (Å²) in [6.07, 6.45) is 6.53. The fraction of sp³-hybridized carbons (Fsp3) is 0.632. The highest BCUT2D eigenvalue weighted by atomic mass is 16.5. The average molecular weight is 300 g/mol. The number of carboxylic acid groups (broad SMARTS) is 1. The van der Waals surface area contributed by atoms with E-state index in [2.05, 4.69) is 12.1 Å². The maximum Gasteiger partial charge on any atom is 0.304 e. The van der Waals surface area contributed by atoms with Crippen LogP contribution in [0.2, 0.25) is 0 Å². The van der Waals surface area contributed by atoms with Gasteiger partial charge in [-0.3, -0.25) is 4.79 Å². The summed E-state index contributed by atoms with van der Waals surface area (Å²) in [5.74, 6) is 2.94. The van der Waals surface area contributed by atoms with Crippen LogP contribution in [0.5, 0.6) is 5.75 Å². The minimum atomic E-state index is -0.657. The molecule has 4 aliphatic carbocycles. The predicted octanol–water partition coefficient (Wildman–Crippen LogP) is 3.86. The number of rotatable bonds is 4. The molecule has 1 aromatic carbocycles. The Hall–Kier alpha value is -1.51. The summed E-state index contributed by atoms with van der Waals surface area (Å²) in [5, 5.41) is 9.62. The predicted molar refractivity (Wildman–Crippen MR) is 84.0 cm³/mol. The Bertz CT molecular complexity index is 564. The fourth-order valence-electron chi connectivity index (χ4n) is 6.05. The van der Waals surface area contributed by atoms with Crippen molar-refractivity contribution in [2.24, 2.45) is 23.7 Å². The monoisotopic (exact) mass is 300 g/mol. The van der Waals surface area contributed by atoms with Gasteiger partial charge in [0.05, 0.1) is 13.5 Å². The van der Waals surface area contributed by atoms with E-state index >= 15 is 0 Å². The van der Waals surface area contributed by atoms with Gasteiger partial charge in [0.1, 0.15) is 5.75 Å². The van der Waals surface area contributed by atoms with Gasteiger partial charge in [-0.15, -0.1) is 0 Å². The minimum Gasteiger partial charge on any atom is -0.497 e. The third kappa shape index (κ3) is 1.98. The smallest absolute Gasteiger partial charge is 0.304 e. The quantitative estimate of drug-likeness (QED) is 0.918. The third-order valence-corrected chi connectivity index (χ3v) is 6.65.